The molecular formula is C6H13NO2. The van der Waals surface area contributed by atoms with Crippen LogP contribution in [-0.2, 0) is 0 Å². The topological polar surface area (TPSA) is 52.5 Å². The number of hydrogen-bond donors (Lipinski definition) is 3. The predicted octanol–water partition coefficient (Wildman–Crippen LogP) is -0.908. The number of rotatable bonds is 0. The minimum absolute atomic E-state index is 0.514. The summed E-state index contributed by atoms with van der Waals surface area (Å²) in [5.74, 6) is 0. The molecule has 0 saturated carbocycles. The fourth-order valence-electron chi connectivity index (χ4n) is 1.01. The Kier molecular flexibility index (Phi) is 2.45. The lowest BCUT2D eigenvalue weighted by Crippen LogP contribution is -2.32. The van der Waals surface area contributed by atoms with Gasteiger partial charge in [-0.2, -0.15) is 0 Å². The largest absolute Gasteiger partial charge is 0.390 e. The molecular weight excluding hydrogens is 118 g/mol. The zero-order valence-electron chi connectivity index (χ0n) is 5.38. The van der Waals surface area contributed by atoms with Crippen molar-refractivity contribution in [2.24, 2.45) is 0 Å². The fourth-order valence-corrected chi connectivity index (χ4v) is 1.01. The van der Waals surface area contributed by atoms with E-state index in [9.17, 15) is 0 Å². The molecule has 0 amide bonds. The van der Waals surface area contributed by atoms with Crippen molar-refractivity contribution in [3.63, 3.8) is 0 Å². The van der Waals surface area contributed by atoms with Crippen LogP contribution in [0.2, 0.25) is 0 Å². The van der Waals surface area contributed by atoms with Crippen LogP contribution in [0.3, 0.4) is 0 Å². The second kappa shape index (κ2) is 3.15. The molecule has 54 valence electrons. The van der Waals surface area contributed by atoms with Crippen molar-refractivity contribution in [2.75, 3.05) is 13.1 Å². The Balaban J connectivity index is 2.32. The van der Waals surface area contributed by atoms with E-state index >= 15 is 0 Å². The second-order valence-corrected chi connectivity index (χ2v) is 2.48. The van der Waals surface area contributed by atoms with Crippen LogP contribution in [0.25, 0.3) is 0 Å². The number of β-amino-alcohol motifs (C(OH)–C–C–N with tert-alkyl or cyclic N) is 1. The van der Waals surface area contributed by atoms with Gasteiger partial charge in [0.2, 0.25) is 0 Å². The molecule has 1 rings (SSSR count). The molecule has 1 aliphatic heterocycles. The van der Waals surface area contributed by atoms with Gasteiger partial charge in [0.15, 0.2) is 0 Å². The summed E-state index contributed by atoms with van der Waals surface area (Å²) >= 11 is 0. The summed E-state index contributed by atoms with van der Waals surface area (Å²) in [5.41, 5.74) is 0. The fraction of sp³-hybridized carbons (Fsp3) is 1.00. The van der Waals surface area contributed by atoms with Gasteiger partial charge in [-0.15, -0.1) is 0 Å². The van der Waals surface area contributed by atoms with E-state index < -0.39 is 12.2 Å². The van der Waals surface area contributed by atoms with Crippen LogP contribution in [0.4, 0.5) is 0 Å². The highest BCUT2D eigenvalue weighted by molar-refractivity contribution is 4.73. The molecule has 0 spiro atoms. The molecule has 1 heterocycles. The van der Waals surface area contributed by atoms with Crippen LogP contribution >= 0.6 is 0 Å². The van der Waals surface area contributed by atoms with E-state index in [-0.39, 0.29) is 0 Å². The van der Waals surface area contributed by atoms with Crippen LogP contribution in [0.5, 0.6) is 0 Å². The molecule has 0 bridgehead atoms. The highest BCUT2D eigenvalue weighted by Gasteiger charge is 2.17. The number of nitrogens with one attached hydrogen (secondary N) is 1. The Morgan fingerprint density at radius 2 is 2.00 bits per heavy atom. The Hall–Kier alpha value is -0.120. The minimum atomic E-state index is -0.563. The molecule has 0 aliphatic carbocycles. The van der Waals surface area contributed by atoms with Crippen LogP contribution in [0.1, 0.15) is 12.8 Å². The molecule has 1 aliphatic rings. The molecule has 3 nitrogen and oxygen atoms in total. The lowest BCUT2D eigenvalue weighted by atomic mass is 10.1. The zero-order valence-corrected chi connectivity index (χ0v) is 5.38. The SMILES string of the molecule is O[C@@H]1CCCNC[C@@H]1O. The summed E-state index contributed by atoms with van der Waals surface area (Å²) in [5, 5.41) is 21.1. The minimum Gasteiger partial charge on any atom is -0.390 e. The first-order valence-electron chi connectivity index (χ1n) is 3.37. The smallest absolute Gasteiger partial charge is 0.0923 e. The normalized spacial score (nSPS) is 38.0. The molecule has 0 aromatic carbocycles. The van der Waals surface area contributed by atoms with Gasteiger partial charge in [0.1, 0.15) is 0 Å². The Labute approximate surface area is 54.7 Å². The third kappa shape index (κ3) is 1.93. The highest BCUT2D eigenvalue weighted by atomic mass is 16.3. The van der Waals surface area contributed by atoms with Gasteiger partial charge < -0.3 is 15.5 Å². The van der Waals surface area contributed by atoms with E-state index in [0.717, 1.165) is 13.0 Å². The van der Waals surface area contributed by atoms with Crippen LogP contribution in [0.15, 0.2) is 0 Å². The third-order valence-corrected chi connectivity index (χ3v) is 1.65. The highest BCUT2D eigenvalue weighted by Crippen LogP contribution is 2.04. The predicted molar refractivity (Wildman–Crippen MR) is 34.1 cm³/mol. The van der Waals surface area contributed by atoms with E-state index in [1.54, 1.807) is 0 Å². The number of hydrogen-bond acceptors (Lipinski definition) is 3. The zero-order chi connectivity index (χ0) is 6.69. The first kappa shape index (κ1) is 6.99. The monoisotopic (exact) mass is 131 g/mol. The molecule has 9 heavy (non-hydrogen) atoms. The maximum absolute atomic E-state index is 9.07. The van der Waals surface area contributed by atoms with Crippen molar-refractivity contribution in [1.29, 1.82) is 0 Å². The first-order chi connectivity index (χ1) is 4.30. The quantitative estimate of drug-likeness (QED) is 0.399. The summed E-state index contributed by atoms with van der Waals surface area (Å²) in [6, 6.07) is 0. The van der Waals surface area contributed by atoms with Crippen molar-refractivity contribution in [3.8, 4) is 0 Å². The van der Waals surface area contributed by atoms with Gasteiger partial charge in [0.25, 0.3) is 0 Å². The summed E-state index contributed by atoms with van der Waals surface area (Å²) in [4.78, 5) is 0. The Morgan fingerprint density at radius 1 is 1.22 bits per heavy atom. The van der Waals surface area contributed by atoms with Crippen molar-refractivity contribution < 1.29 is 10.2 Å². The first-order valence-corrected chi connectivity index (χ1v) is 3.37. The van der Waals surface area contributed by atoms with Gasteiger partial charge in [0, 0.05) is 6.54 Å². The molecule has 0 unspecified atom stereocenters. The summed E-state index contributed by atoms with van der Waals surface area (Å²) < 4.78 is 0. The molecule has 0 radical (unpaired) electrons. The summed E-state index contributed by atoms with van der Waals surface area (Å²) in [7, 11) is 0. The van der Waals surface area contributed by atoms with E-state index in [1.807, 2.05) is 0 Å². The average molecular weight is 131 g/mol. The van der Waals surface area contributed by atoms with Gasteiger partial charge >= 0.3 is 0 Å². The number of aliphatic hydroxyl groups is 2. The lowest BCUT2D eigenvalue weighted by molar-refractivity contribution is 0.0228. The van der Waals surface area contributed by atoms with Gasteiger partial charge in [-0.1, -0.05) is 0 Å². The average Bonchev–Trinajstić information content (AvgIpc) is 1.99. The standard InChI is InChI=1S/C6H13NO2/c8-5-2-1-3-7-4-6(5)9/h5-9H,1-4H2/t5-,6+/m1/s1. The Morgan fingerprint density at radius 3 is 2.78 bits per heavy atom. The maximum Gasteiger partial charge on any atom is 0.0923 e. The van der Waals surface area contributed by atoms with Gasteiger partial charge in [-0.25, -0.2) is 0 Å². The molecule has 3 heteroatoms. The summed E-state index contributed by atoms with van der Waals surface area (Å²) in [6.07, 6.45) is 0.597. The van der Waals surface area contributed by atoms with Gasteiger partial charge in [-0.3, -0.25) is 0 Å². The molecule has 0 aromatic heterocycles. The third-order valence-electron chi connectivity index (χ3n) is 1.65. The molecule has 1 saturated heterocycles. The van der Waals surface area contributed by atoms with Crippen molar-refractivity contribution in [2.45, 2.75) is 25.0 Å². The van der Waals surface area contributed by atoms with Gasteiger partial charge in [-0.05, 0) is 19.4 Å². The second-order valence-electron chi connectivity index (χ2n) is 2.48. The number of aliphatic hydroxyl groups excluding tert-OH is 2. The van der Waals surface area contributed by atoms with Crippen LogP contribution in [0, 0.1) is 0 Å². The molecule has 1 fully saturated rings. The van der Waals surface area contributed by atoms with Gasteiger partial charge in [0.05, 0.1) is 12.2 Å². The van der Waals surface area contributed by atoms with Crippen LogP contribution < -0.4 is 5.32 Å². The Bertz CT molecular complexity index is 77.1. The molecule has 2 atom stereocenters. The van der Waals surface area contributed by atoms with Crippen LogP contribution in [-0.4, -0.2) is 35.5 Å². The van der Waals surface area contributed by atoms with E-state index in [1.165, 1.54) is 0 Å². The molecule has 3 N–H and O–H groups in total. The van der Waals surface area contributed by atoms with E-state index in [4.69, 9.17) is 10.2 Å². The van der Waals surface area contributed by atoms with Crippen molar-refractivity contribution >= 4 is 0 Å². The van der Waals surface area contributed by atoms with Crippen molar-refractivity contribution in [3.05, 3.63) is 0 Å². The maximum atomic E-state index is 9.07. The van der Waals surface area contributed by atoms with E-state index in [2.05, 4.69) is 5.32 Å². The lowest BCUT2D eigenvalue weighted by Gasteiger charge is -2.12. The molecule has 0 aromatic rings. The summed E-state index contributed by atoms with van der Waals surface area (Å²) in [6.45, 7) is 1.44. The van der Waals surface area contributed by atoms with Crippen molar-refractivity contribution in [1.82, 2.24) is 5.32 Å². The van der Waals surface area contributed by atoms with E-state index in [0.29, 0.717) is 13.0 Å².